The number of nitrogens with two attached hydrogens (primary N) is 1. The minimum Gasteiger partial charge on any atom is -0.496 e. The summed E-state index contributed by atoms with van der Waals surface area (Å²) in [7, 11) is 1.69. The normalized spacial score (nSPS) is 23.3. The zero-order chi connectivity index (χ0) is 13.8. The molecule has 1 heterocycles. The van der Waals surface area contributed by atoms with E-state index in [2.05, 4.69) is 11.0 Å². The largest absolute Gasteiger partial charge is 0.496 e. The third kappa shape index (κ3) is 3.08. The number of rotatable bonds is 5. The number of ether oxygens (including phenoxy) is 1. The molecule has 0 radical (unpaired) electrons. The molecule has 1 fully saturated rings. The molecular weight excluding hydrogens is 240 g/mol. The first kappa shape index (κ1) is 14.3. The van der Waals surface area contributed by atoms with Gasteiger partial charge in [0.1, 0.15) is 5.75 Å². The van der Waals surface area contributed by atoms with Crippen LogP contribution in [-0.4, -0.2) is 42.9 Å². The highest BCUT2D eigenvalue weighted by molar-refractivity contribution is 5.36. The molecule has 4 heteroatoms. The van der Waals surface area contributed by atoms with Gasteiger partial charge >= 0.3 is 0 Å². The molecule has 19 heavy (non-hydrogen) atoms. The number of likely N-dealkylation sites (tertiary alicyclic amines) is 1. The van der Waals surface area contributed by atoms with Gasteiger partial charge in [-0.05, 0) is 31.9 Å². The fourth-order valence-electron chi connectivity index (χ4n) is 2.99. The molecular formula is C15H24N2O2. The summed E-state index contributed by atoms with van der Waals surface area (Å²) in [5, 5.41) is 9.29. The molecule has 0 saturated carbocycles. The molecule has 0 spiro atoms. The first-order valence-electron chi connectivity index (χ1n) is 6.90. The van der Waals surface area contributed by atoms with E-state index in [4.69, 9.17) is 10.5 Å². The lowest BCUT2D eigenvalue weighted by atomic mass is 9.98. The third-order valence-corrected chi connectivity index (χ3v) is 3.92. The van der Waals surface area contributed by atoms with Gasteiger partial charge in [-0.15, -0.1) is 0 Å². The maximum absolute atomic E-state index is 9.29. The number of benzene rings is 1. The van der Waals surface area contributed by atoms with E-state index in [1.807, 2.05) is 25.1 Å². The van der Waals surface area contributed by atoms with Crippen LogP contribution >= 0.6 is 0 Å². The van der Waals surface area contributed by atoms with Gasteiger partial charge in [0.25, 0.3) is 0 Å². The summed E-state index contributed by atoms with van der Waals surface area (Å²) < 4.78 is 5.46. The maximum Gasteiger partial charge on any atom is 0.123 e. The molecule has 2 rings (SSSR count). The third-order valence-electron chi connectivity index (χ3n) is 3.92. The van der Waals surface area contributed by atoms with Crippen LogP contribution in [0.15, 0.2) is 24.3 Å². The van der Waals surface area contributed by atoms with Crippen molar-refractivity contribution in [2.75, 3.05) is 26.8 Å². The molecule has 106 valence electrons. The molecule has 1 aromatic carbocycles. The average molecular weight is 264 g/mol. The Hall–Kier alpha value is -1.10. The second-order valence-electron chi connectivity index (χ2n) is 5.38. The van der Waals surface area contributed by atoms with Gasteiger partial charge in [-0.1, -0.05) is 18.2 Å². The predicted molar refractivity (Wildman–Crippen MR) is 76.2 cm³/mol. The Labute approximate surface area is 115 Å². The SMILES string of the molecule is COc1ccccc1C(C(C)N)N1CCC(CO)C1. The van der Waals surface area contributed by atoms with Crippen molar-refractivity contribution in [2.45, 2.75) is 25.4 Å². The molecule has 1 aliphatic heterocycles. The van der Waals surface area contributed by atoms with Crippen LogP contribution in [0.5, 0.6) is 5.75 Å². The second-order valence-corrected chi connectivity index (χ2v) is 5.38. The summed E-state index contributed by atoms with van der Waals surface area (Å²) in [6.45, 7) is 4.17. The van der Waals surface area contributed by atoms with Crippen molar-refractivity contribution in [1.29, 1.82) is 0 Å². The summed E-state index contributed by atoms with van der Waals surface area (Å²) in [5.41, 5.74) is 7.34. The zero-order valence-electron chi connectivity index (χ0n) is 11.7. The van der Waals surface area contributed by atoms with E-state index in [9.17, 15) is 5.11 Å². The molecule has 0 amide bonds. The zero-order valence-corrected chi connectivity index (χ0v) is 11.7. The van der Waals surface area contributed by atoms with E-state index >= 15 is 0 Å². The maximum atomic E-state index is 9.29. The standard InChI is InChI=1S/C15H24N2O2/c1-11(16)15(17-8-7-12(9-17)10-18)13-5-3-4-6-14(13)19-2/h3-6,11-12,15,18H,7-10,16H2,1-2H3. The van der Waals surface area contributed by atoms with Crippen molar-refractivity contribution in [3.05, 3.63) is 29.8 Å². The molecule has 0 bridgehead atoms. The van der Waals surface area contributed by atoms with E-state index in [1.165, 1.54) is 0 Å². The van der Waals surface area contributed by atoms with Crippen molar-refractivity contribution in [1.82, 2.24) is 4.90 Å². The van der Waals surface area contributed by atoms with E-state index in [0.29, 0.717) is 5.92 Å². The summed E-state index contributed by atoms with van der Waals surface area (Å²) in [6.07, 6.45) is 1.04. The summed E-state index contributed by atoms with van der Waals surface area (Å²) in [4.78, 5) is 2.36. The fraction of sp³-hybridized carbons (Fsp3) is 0.600. The Morgan fingerprint density at radius 2 is 2.21 bits per heavy atom. The highest BCUT2D eigenvalue weighted by Gasteiger charge is 2.32. The van der Waals surface area contributed by atoms with Crippen LogP contribution in [0.2, 0.25) is 0 Å². The summed E-state index contributed by atoms with van der Waals surface area (Å²) >= 11 is 0. The van der Waals surface area contributed by atoms with Crippen LogP contribution in [0.1, 0.15) is 24.9 Å². The van der Waals surface area contributed by atoms with Crippen molar-refractivity contribution < 1.29 is 9.84 Å². The van der Waals surface area contributed by atoms with Gasteiger partial charge in [-0.25, -0.2) is 0 Å². The van der Waals surface area contributed by atoms with Gasteiger partial charge in [0, 0.05) is 24.8 Å². The Morgan fingerprint density at radius 3 is 2.79 bits per heavy atom. The molecule has 1 aromatic rings. The van der Waals surface area contributed by atoms with Gasteiger partial charge < -0.3 is 15.6 Å². The van der Waals surface area contributed by atoms with Crippen molar-refractivity contribution in [3.63, 3.8) is 0 Å². The molecule has 1 saturated heterocycles. The minimum atomic E-state index is 0.0220. The van der Waals surface area contributed by atoms with Crippen LogP contribution in [0.3, 0.4) is 0 Å². The first-order valence-corrected chi connectivity index (χ1v) is 6.90. The van der Waals surface area contributed by atoms with Gasteiger partial charge in [0.05, 0.1) is 13.2 Å². The number of hydrogen-bond acceptors (Lipinski definition) is 4. The second kappa shape index (κ2) is 6.37. The van der Waals surface area contributed by atoms with Crippen molar-refractivity contribution in [2.24, 2.45) is 11.7 Å². The number of aliphatic hydroxyl groups is 1. The van der Waals surface area contributed by atoms with Crippen LogP contribution in [-0.2, 0) is 0 Å². The van der Waals surface area contributed by atoms with Gasteiger partial charge in [0.15, 0.2) is 0 Å². The number of para-hydroxylation sites is 1. The van der Waals surface area contributed by atoms with Crippen LogP contribution in [0, 0.1) is 5.92 Å². The molecule has 3 atom stereocenters. The van der Waals surface area contributed by atoms with Crippen LogP contribution in [0.4, 0.5) is 0 Å². The smallest absolute Gasteiger partial charge is 0.123 e. The number of methoxy groups -OCH3 is 1. The van der Waals surface area contributed by atoms with Gasteiger partial charge in [-0.3, -0.25) is 4.90 Å². The minimum absolute atomic E-state index is 0.0220. The fourth-order valence-corrected chi connectivity index (χ4v) is 2.99. The number of aliphatic hydroxyl groups excluding tert-OH is 1. The molecule has 4 nitrogen and oxygen atoms in total. The Morgan fingerprint density at radius 1 is 1.47 bits per heavy atom. The Balaban J connectivity index is 2.25. The summed E-state index contributed by atoms with van der Waals surface area (Å²) in [5.74, 6) is 1.26. The van der Waals surface area contributed by atoms with E-state index in [0.717, 1.165) is 30.8 Å². The average Bonchev–Trinajstić information content (AvgIpc) is 2.87. The lowest BCUT2D eigenvalue weighted by Gasteiger charge is -2.32. The molecule has 0 aliphatic carbocycles. The van der Waals surface area contributed by atoms with Crippen LogP contribution < -0.4 is 10.5 Å². The molecule has 0 aromatic heterocycles. The lowest BCUT2D eigenvalue weighted by molar-refractivity contribution is 0.183. The quantitative estimate of drug-likeness (QED) is 0.844. The predicted octanol–water partition coefficient (Wildman–Crippen LogP) is 1.40. The lowest BCUT2D eigenvalue weighted by Crippen LogP contribution is -2.38. The van der Waals surface area contributed by atoms with Gasteiger partial charge in [-0.2, -0.15) is 0 Å². The van der Waals surface area contributed by atoms with Crippen molar-refractivity contribution in [3.8, 4) is 5.75 Å². The molecule has 3 N–H and O–H groups in total. The molecule has 3 unspecified atom stereocenters. The Bertz CT molecular complexity index is 409. The summed E-state index contributed by atoms with van der Waals surface area (Å²) in [6, 6.07) is 8.22. The van der Waals surface area contributed by atoms with Crippen LogP contribution in [0.25, 0.3) is 0 Å². The van der Waals surface area contributed by atoms with Crippen molar-refractivity contribution >= 4 is 0 Å². The highest BCUT2D eigenvalue weighted by Crippen LogP contribution is 2.34. The van der Waals surface area contributed by atoms with E-state index in [1.54, 1.807) is 7.11 Å². The first-order chi connectivity index (χ1) is 9.17. The highest BCUT2D eigenvalue weighted by atomic mass is 16.5. The number of nitrogens with zero attached hydrogens (tertiary/aromatic N) is 1. The Kier molecular flexibility index (Phi) is 4.80. The number of hydrogen-bond donors (Lipinski definition) is 2. The topological polar surface area (TPSA) is 58.7 Å². The van der Waals surface area contributed by atoms with E-state index < -0.39 is 0 Å². The van der Waals surface area contributed by atoms with E-state index in [-0.39, 0.29) is 18.7 Å². The van der Waals surface area contributed by atoms with Gasteiger partial charge in [0.2, 0.25) is 0 Å². The monoisotopic (exact) mass is 264 g/mol. The molecule has 1 aliphatic rings.